The molecule has 5 heteroatoms. The molecule has 1 aromatic rings. The number of rotatable bonds is 6. The number of hydrogen-bond donors (Lipinski definition) is 1. The van der Waals surface area contributed by atoms with Crippen LogP contribution in [0.1, 0.15) is 43.7 Å². The highest BCUT2D eigenvalue weighted by Crippen LogP contribution is 2.45. The number of aliphatic hydroxyl groups excluding tert-OH is 1. The number of hydrogen-bond acceptors (Lipinski definition) is 4. The molecule has 3 heterocycles. The molecule has 0 radical (unpaired) electrons. The van der Waals surface area contributed by atoms with Crippen molar-refractivity contribution in [2.45, 2.75) is 44.2 Å². The molecule has 3 fully saturated rings. The number of benzene rings is 1. The Bertz CT molecular complexity index is 615. The zero-order valence-corrected chi connectivity index (χ0v) is 16.3. The van der Waals surface area contributed by atoms with Crippen LogP contribution in [-0.2, 0) is 4.79 Å². The number of aliphatic hydroxyl groups is 1. The van der Waals surface area contributed by atoms with Gasteiger partial charge in [0.1, 0.15) is 0 Å². The lowest BCUT2D eigenvalue weighted by Crippen LogP contribution is -2.51. The van der Waals surface area contributed by atoms with Gasteiger partial charge in [0.25, 0.3) is 0 Å². The Kier molecular flexibility index (Phi) is 6.11. The van der Waals surface area contributed by atoms with Crippen LogP contribution in [-0.4, -0.2) is 77.6 Å². The highest BCUT2D eigenvalue weighted by atomic mass is 16.3. The van der Waals surface area contributed by atoms with Crippen LogP contribution in [0.25, 0.3) is 0 Å². The Morgan fingerprint density at radius 3 is 2.56 bits per heavy atom. The summed E-state index contributed by atoms with van der Waals surface area (Å²) in [5, 5.41) is 8.93. The molecule has 3 atom stereocenters. The van der Waals surface area contributed by atoms with Gasteiger partial charge in [-0.2, -0.15) is 0 Å². The molecule has 1 aromatic carbocycles. The van der Waals surface area contributed by atoms with E-state index in [4.69, 9.17) is 5.11 Å². The van der Waals surface area contributed by atoms with E-state index in [1.165, 1.54) is 18.4 Å². The van der Waals surface area contributed by atoms with Crippen LogP contribution in [0, 0.1) is 5.92 Å². The van der Waals surface area contributed by atoms with E-state index in [-0.39, 0.29) is 12.5 Å². The molecule has 3 aliphatic heterocycles. The largest absolute Gasteiger partial charge is 0.396 e. The van der Waals surface area contributed by atoms with E-state index in [1.54, 1.807) is 0 Å². The number of piperazine rings is 1. The van der Waals surface area contributed by atoms with E-state index in [0.29, 0.717) is 18.0 Å². The van der Waals surface area contributed by atoms with Crippen LogP contribution in [0.5, 0.6) is 0 Å². The van der Waals surface area contributed by atoms with Crippen molar-refractivity contribution in [3.8, 4) is 0 Å². The van der Waals surface area contributed by atoms with E-state index in [2.05, 4.69) is 45.0 Å². The van der Waals surface area contributed by atoms with Crippen molar-refractivity contribution in [1.29, 1.82) is 0 Å². The van der Waals surface area contributed by atoms with Crippen LogP contribution in [0.4, 0.5) is 0 Å². The molecule has 4 rings (SSSR count). The third kappa shape index (κ3) is 4.05. The van der Waals surface area contributed by atoms with Crippen molar-refractivity contribution in [3.63, 3.8) is 0 Å². The predicted molar refractivity (Wildman–Crippen MR) is 106 cm³/mol. The van der Waals surface area contributed by atoms with E-state index in [9.17, 15) is 4.79 Å². The molecular formula is C22H33N3O2. The molecule has 0 spiro atoms. The van der Waals surface area contributed by atoms with Crippen molar-refractivity contribution < 1.29 is 9.90 Å². The minimum absolute atomic E-state index is 0.165. The molecule has 1 amide bonds. The fraction of sp³-hybridized carbons (Fsp3) is 0.682. The summed E-state index contributed by atoms with van der Waals surface area (Å²) in [6.45, 7) is 6.11. The first-order chi connectivity index (χ1) is 13.3. The maximum absolute atomic E-state index is 13.3. The fourth-order valence-electron chi connectivity index (χ4n) is 5.31. The fourth-order valence-corrected chi connectivity index (χ4v) is 5.31. The van der Waals surface area contributed by atoms with Gasteiger partial charge in [-0.3, -0.25) is 14.6 Å². The summed E-state index contributed by atoms with van der Waals surface area (Å²) in [6, 6.07) is 11.6. The average molecular weight is 372 g/mol. The zero-order chi connectivity index (χ0) is 18.6. The molecule has 0 unspecified atom stereocenters. The lowest BCUT2D eigenvalue weighted by Gasteiger charge is -2.36. The Hall–Kier alpha value is -1.43. The Morgan fingerprint density at radius 2 is 1.81 bits per heavy atom. The van der Waals surface area contributed by atoms with Crippen LogP contribution in [0.2, 0.25) is 0 Å². The second-order valence-electron chi connectivity index (χ2n) is 8.31. The maximum Gasteiger partial charge on any atom is 0.227 e. The molecule has 3 saturated heterocycles. The molecule has 1 N–H and O–H groups in total. The third-order valence-electron chi connectivity index (χ3n) is 6.75. The van der Waals surface area contributed by atoms with Crippen molar-refractivity contribution in [2.24, 2.45) is 5.92 Å². The molecule has 5 nitrogen and oxygen atoms in total. The molecule has 0 aromatic heterocycles. The average Bonchev–Trinajstić information content (AvgIpc) is 3.32. The second kappa shape index (κ2) is 8.72. The first-order valence-electron chi connectivity index (χ1n) is 10.7. The van der Waals surface area contributed by atoms with Gasteiger partial charge in [-0.1, -0.05) is 30.3 Å². The van der Waals surface area contributed by atoms with E-state index in [0.717, 1.165) is 58.5 Å². The minimum atomic E-state index is 0.165. The summed E-state index contributed by atoms with van der Waals surface area (Å²) in [5.41, 5.74) is 1.37. The molecule has 27 heavy (non-hydrogen) atoms. The molecule has 0 aliphatic carbocycles. The molecule has 3 aliphatic rings. The van der Waals surface area contributed by atoms with Crippen LogP contribution < -0.4 is 0 Å². The van der Waals surface area contributed by atoms with Gasteiger partial charge in [0.15, 0.2) is 0 Å². The van der Waals surface area contributed by atoms with Crippen molar-refractivity contribution in [1.82, 2.24) is 14.7 Å². The summed E-state index contributed by atoms with van der Waals surface area (Å²) in [7, 11) is 0. The zero-order valence-electron chi connectivity index (χ0n) is 16.3. The summed E-state index contributed by atoms with van der Waals surface area (Å²) >= 11 is 0. The number of carbonyl (C=O) groups excluding carboxylic acids is 1. The van der Waals surface area contributed by atoms with Crippen LogP contribution in [0.3, 0.4) is 0 Å². The minimum Gasteiger partial charge on any atom is -0.396 e. The Labute approximate surface area is 162 Å². The second-order valence-corrected chi connectivity index (χ2v) is 8.31. The topological polar surface area (TPSA) is 47.0 Å². The maximum atomic E-state index is 13.3. The van der Waals surface area contributed by atoms with E-state index < -0.39 is 0 Å². The van der Waals surface area contributed by atoms with Crippen LogP contribution in [0.15, 0.2) is 30.3 Å². The first kappa shape index (κ1) is 18.9. The number of fused-ring (bicyclic) bond motifs is 1. The monoisotopic (exact) mass is 371 g/mol. The summed E-state index contributed by atoms with van der Waals surface area (Å²) < 4.78 is 0. The molecule has 148 valence electrons. The lowest BCUT2D eigenvalue weighted by atomic mass is 9.93. The SMILES string of the molecule is O=C([C@@H]1C[C@H](c2ccccc2)N2CCC[C@@H]12)N1CCN(CCCCO)CC1. The van der Waals surface area contributed by atoms with Gasteiger partial charge in [0.05, 0.1) is 5.92 Å². The highest BCUT2D eigenvalue weighted by molar-refractivity contribution is 5.80. The highest BCUT2D eigenvalue weighted by Gasteiger charge is 2.48. The quantitative estimate of drug-likeness (QED) is 0.779. The number of nitrogens with zero attached hydrogens (tertiary/aromatic N) is 3. The van der Waals surface area contributed by atoms with E-state index in [1.807, 2.05) is 0 Å². The summed E-state index contributed by atoms with van der Waals surface area (Å²) in [6.07, 6.45) is 5.28. The lowest BCUT2D eigenvalue weighted by molar-refractivity contribution is -0.137. The van der Waals surface area contributed by atoms with Crippen molar-refractivity contribution in [3.05, 3.63) is 35.9 Å². The molecular weight excluding hydrogens is 338 g/mol. The Balaban J connectivity index is 1.36. The first-order valence-corrected chi connectivity index (χ1v) is 10.7. The molecule has 0 bridgehead atoms. The van der Waals surface area contributed by atoms with Crippen molar-refractivity contribution >= 4 is 5.91 Å². The van der Waals surface area contributed by atoms with Gasteiger partial charge in [-0.25, -0.2) is 0 Å². The smallest absolute Gasteiger partial charge is 0.227 e. The normalized spacial score (nSPS) is 29.2. The van der Waals surface area contributed by atoms with Gasteiger partial charge in [0, 0.05) is 44.9 Å². The summed E-state index contributed by atoms with van der Waals surface area (Å²) in [4.78, 5) is 20.5. The summed E-state index contributed by atoms with van der Waals surface area (Å²) in [5.74, 6) is 0.555. The number of amides is 1. The van der Waals surface area contributed by atoms with E-state index >= 15 is 0 Å². The van der Waals surface area contributed by atoms with Gasteiger partial charge in [-0.15, -0.1) is 0 Å². The van der Waals surface area contributed by atoms with Gasteiger partial charge < -0.3 is 10.0 Å². The van der Waals surface area contributed by atoms with Gasteiger partial charge in [-0.05, 0) is 50.8 Å². The van der Waals surface area contributed by atoms with Gasteiger partial charge >= 0.3 is 0 Å². The number of unbranched alkanes of at least 4 members (excludes halogenated alkanes) is 1. The number of carbonyl (C=O) groups is 1. The molecule has 0 saturated carbocycles. The Morgan fingerprint density at radius 1 is 1.04 bits per heavy atom. The van der Waals surface area contributed by atoms with Crippen LogP contribution >= 0.6 is 0 Å². The standard InChI is InChI=1S/C22H33N3O2/c26-16-5-4-10-23-12-14-24(15-13-23)22(27)19-17-21(18-7-2-1-3-8-18)25-11-6-9-20(19)25/h1-3,7-8,19-21,26H,4-6,9-17H2/t19-,20+,21-/m1/s1. The third-order valence-corrected chi connectivity index (χ3v) is 6.75. The van der Waals surface area contributed by atoms with Crippen molar-refractivity contribution in [2.75, 3.05) is 45.9 Å². The van der Waals surface area contributed by atoms with Gasteiger partial charge in [0.2, 0.25) is 5.91 Å². The predicted octanol–water partition coefficient (Wildman–Crippen LogP) is 2.13.